The molecule has 4 heteroatoms. The van der Waals surface area contributed by atoms with Crippen LogP contribution in [-0.4, -0.2) is 15.0 Å². The van der Waals surface area contributed by atoms with Crippen LogP contribution < -0.4 is 0 Å². The Morgan fingerprint density at radius 3 is 1.93 bits per heavy atom. The molecule has 0 amide bonds. The Balaban J connectivity index is 1.26. The SMILES string of the molecule is CC1(C)c2ccccc2-c2c(-c3nc(-c4ccccc4)nc(-c4cccc(-c5cccc6oc7ccccc7c56)c4)n3)cccc21. The molecule has 6 aromatic carbocycles. The maximum absolute atomic E-state index is 6.20. The van der Waals surface area contributed by atoms with Gasteiger partial charge in [0, 0.05) is 32.9 Å². The van der Waals surface area contributed by atoms with Gasteiger partial charge in [-0.25, -0.2) is 15.0 Å². The number of furan rings is 1. The first-order valence-corrected chi connectivity index (χ1v) is 15.6. The van der Waals surface area contributed by atoms with Crippen LogP contribution in [0.3, 0.4) is 0 Å². The van der Waals surface area contributed by atoms with Crippen molar-refractivity contribution in [3.8, 4) is 56.4 Å². The summed E-state index contributed by atoms with van der Waals surface area (Å²) in [5.41, 5.74) is 11.8. The Labute approximate surface area is 267 Å². The molecule has 0 saturated carbocycles. The Morgan fingerprint density at radius 2 is 1.04 bits per heavy atom. The highest BCUT2D eigenvalue weighted by atomic mass is 16.3. The number of para-hydroxylation sites is 1. The van der Waals surface area contributed by atoms with Gasteiger partial charge in [-0.2, -0.15) is 0 Å². The fraction of sp³-hybridized carbons (Fsp3) is 0.0714. The van der Waals surface area contributed by atoms with Crippen LogP contribution in [0.2, 0.25) is 0 Å². The summed E-state index contributed by atoms with van der Waals surface area (Å²) in [5, 5.41) is 2.21. The molecule has 0 aliphatic heterocycles. The Kier molecular flexibility index (Phi) is 5.81. The van der Waals surface area contributed by atoms with E-state index >= 15 is 0 Å². The van der Waals surface area contributed by atoms with Crippen LogP contribution in [0.5, 0.6) is 0 Å². The number of hydrogen-bond acceptors (Lipinski definition) is 4. The minimum Gasteiger partial charge on any atom is -0.456 e. The lowest BCUT2D eigenvalue weighted by Gasteiger charge is -2.21. The molecule has 218 valence electrons. The monoisotopic (exact) mass is 591 g/mol. The number of nitrogens with zero attached hydrogens (tertiary/aromatic N) is 3. The molecule has 0 fully saturated rings. The van der Waals surface area contributed by atoms with Crippen molar-refractivity contribution < 1.29 is 4.42 Å². The van der Waals surface area contributed by atoms with Gasteiger partial charge in [0.2, 0.25) is 0 Å². The number of benzene rings is 6. The second-order valence-corrected chi connectivity index (χ2v) is 12.4. The Bertz CT molecular complexity index is 2460. The van der Waals surface area contributed by atoms with E-state index in [0.29, 0.717) is 17.5 Å². The van der Waals surface area contributed by atoms with E-state index in [-0.39, 0.29) is 5.41 Å². The van der Waals surface area contributed by atoms with Crippen molar-refractivity contribution in [1.29, 1.82) is 0 Å². The molecule has 1 aliphatic carbocycles. The Hall–Kier alpha value is -5.87. The summed E-state index contributed by atoms with van der Waals surface area (Å²) in [5.74, 6) is 1.96. The van der Waals surface area contributed by atoms with Crippen LogP contribution in [0.15, 0.2) is 144 Å². The number of aromatic nitrogens is 3. The zero-order valence-corrected chi connectivity index (χ0v) is 25.5. The lowest BCUT2D eigenvalue weighted by atomic mass is 9.82. The lowest BCUT2D eigenvalue weighted by molar-refractivity contribution is 0.660. The molecule has 0 radical (unpaired) electrons. The zero-order chi connectivity index (χ0) is 30.8. The third-order valence-electron chi connectivity index (χ3n) is 9.35. The highest BCUT2D eigenvalue weighted by molar-refractivity contribution is 6.12. The van der Waals surface area contributed by atoms with E-state index in [4.69, 9.17) is 19.4 Å². The molecule has 0 spiro atoms. The first kappa shape index (κ1) is 26.5. The predicted molar refractivity (Wildman–Crippen MR) is 186 cm³/mol. The van der Waals surface area contributed by atoms with Gasteiger partial charge < -0.3 is 4.42 Å². The molecule has 9 rings (SSSR count). The second-order valence-electron chi connectivity index (χ2n) is 12.4. The van der Waals surface area contributed by atoms with E-state index in [1.807, 2.05) is 36.4 Å². The van der Waals surface area contributed by atoms with Gasteiger partial charge in [-0.3, -0.25) is 0 Å². The van der Waals surface area contributed by atoms with Crippen LogP contribution in [0.4, 0.5) is 0 Å². The van der Waals surface area contributed by atoms with Gasteiger partial charge in [0.25, 0.3) is 0 Å². The molecule has 0 bridgehead atoms. The van der Waals surface area contributed by atoms with Crippen molar-refractivity contribution in [1.82, 2.24) is 15.0 Å². The molecule has 1 aliphatic rings. The molecule has 0 saturated heterocycles. The summed E-state index contributed by atoms with van der Waals surface area (Å²) in [6, 6.07) is 48.3. The number of hydrogen-bond donors (Lipinski definition) is 0. The average molecular weight is 592 g/mol. The lowest BCUT2D eigenvalue weighted by Crippen LogP contribution is -2.14. The molecular formula is C42H29N3O. The molecule has 2 aromatic heterocycles. The quantitative estimate of drug-likeness (QED) is 0.204. The van der Waals surface area contributed by atoms with E-state index in [9.17, 15) is 0 Å². The molecule has 0 unspecified atom stereocenters. The third-order valence-corrected chi connectivity index (χ3v) is 9.35. The van der Waals surface area contributed by atoms with Gasteiger partial charge in [0.05, 0.1) is 0 Å². The smallest absolute Gasteiger partial charge is 0.164 e. The van der Waals surface area contributed by atoms with E-state index in [2.05, 4.69) is 117 Å². The van der Waals surface area contributed by atoms with Gasteiger partial charge in [0.1, 0.15) is 11.2 Å². The summed E-state index contributed by atoms with van der Waals surface area (Å²) in [6.45, 7) is 4.59. The van der Waals surface area contributed by atoms with E-state index < -0.39 is 0 Å². The molecule has 0 atom stereocenters. The fourth-order valence-corrected chi connectivity index (χ4v) is 7.12. The summed E-state index contributed by atoms with van der Waals surface area (Å²) in [4.78, 5) is 15.4. The van der Waals surface area contributed by atoms with E-state index in [1.165, 1.54) is 22.3 Å². The maximum Gasteiger partial charge on any atom is 0.164 e. The topological polar surface area (TPSA) is 51.8 Å². The first-order chi connectivity index (χ1) is 22.6. The normalized spacial score (nSPS) is 13.2. The third kappa shape index (κ3) is 4.04. The largest absolute Gasteiger partial charge is 0.456 e. The van der Waals surface area contributed by atoms with Crippen molar-refractivity contribution in [3.63, 3.8) is 0 Å². The van der Waals surface area contributed by atoms with Crippen molar-refractivity contribution in [2.45, 2.75) is 19.3 Å². The summed E-state index contributed by atoms with van der Waals surface area (Å²) in [7, 11) is 0. The van der Waals surface area contributed by atoms with Crippen molar-refractivity contribution in [2.75, 3.05) is 0 Å². The fourth-order valence-electron chi connectivity index (χ4n) is 7.12. The average Bonchev–Trinajstić information content (AvgIpc) is 3.61. The van der Waals surface area contributed by atoms with Gasteiger partial charge >= 0.3 is 0 Å². The van der Waals surface area contributed by atoms with E-state index in [1.54, 1.807) is 0 Å². The minimum absolute atomic E-state index is 0.118. The predicted octanol–water partition coefficient (Wildman–Crippen LogP) is 10.7. The van der Waals surface area contributed by atoms with Crippen LogP contribution in [0.25, 0.3) is 78.4 Å². The van der Waals surface area contributed by atoms with Crippen molar-refractivity contribution in [3.05, 3.63) is 151 Å². The second kappa shape index (κ2) is 10.1. The van der Waals surface area contributed by atoms with Crippen LogP contribution in [0, 0.1) is 0 Å². The summed E-state index contributed by atoms with van der Waals surface area (Å²) < 4.78 is 6.20. The highest BCUT2D eigenvalue weighted by Gasteiger charge is 2.37. The van der Waals surface area contributed by atoms with Gasteiger partial charge in [0.15, 0.2) is 17.5 Å². The summed E-state index contributed by atoms with van der Waals surface area (Å²) >= 11 is 0. The minimum atomic E-state index is -0.118. The van der Waals surface area contributed by atoms with E-state index in [0.717, 1.165) is 49.8 Å². The molecule has 0 N–H and O–H groups in total. The highest BCUT2D eigenvalue weighted by Crippen LogP contribution is 2.51. The molecular weight excluding hydrogens is 562 g/mol. The van der Waals surface area contributed by atoms with Gasteiger partial charge in [-0.1, -0.05) is 135 Å². The van der Waals surface area contributed by atoms with Crippen molar-refractivity contribution >= 4 is 21.9 Å². The molecule has 4 nitrogen and oxygen atoms in total. The molecule has 2 heterocycles. The molecule has 8 aromatic rings. The van der Waals surface area contributed by atoms with Crippen LogP contribution in [-0.2, 0) is 5.41 Å². The van der Waals surface area contributed by atoms with Crippen LogP contribution >= 0.6 is 0 Å². The first-order valence-electron chi connectivity index (χ1n) is 15.6. The van der Waals surface area contributed by atoms with Crippen LogP contribution in [0.1, 0.15) is 25.0 Å². The molecule has 46 heavy (non-hydrogen) atoms. The number of fused-ring (bicyclic) bond motifs is 6. The van der Waals surface area contributed by atoms with Gasteiger partial charge in [-0.15, -0.1) is 0 Å². The Morgan fingerprint density at radius 1 is 0.457 bits per heavy atom. The van der Waals surface area contributed by atoms with Gasteiger partial charge in [-0.05, 0) is 51.6 Å². The zero-order valence-electron chi connectivity index (χ0n) is 25.5. The maximum atomic E-state index is 6.20. The standard InChI is InChI=1S/C42H29N3O/c1-42(2)33-21-8-6-17-30(33)37-32(20-11-22-34(37)42)41-44-39(26-13-4-3-5-14-26)43-40(45-41)28-16-10-15-27(25-28)29-19-12-24-36-38(29)31-18-7-9-23-35(31)46-36/h3-25H,1-2H3. The summed E-state index contributed by atoms with van der Waals surface area (Å²) in [6.07, 6.45) is 0. The number of rotatable bonds is 4. The van der Waals surface area contributed by atoms with Crippen molar-refractivity contribution in [2.24, 2.45) is 0 Å².